The maximum atomic E-state index is 6.02. The van der Waals surface area contributed by atoms with E-state index in [4.69, 9.17) is 9.15 Å². The normalized spacial score (nSPS) is 26.9. The van der Waals surface area contributed by atoms with Crippen LogP contribution in [0.3, 0.4) is 0 Å². The lowest BCUT2D eigenvalue weighted by Gasteiger charge is -2.37. The van der Waals surface area contributed by atoms with Crippen molar-refractivity contribution < 1.29 is 9.15 Å². The molecule has 0 bridgehead atoms. The second kappa shape index (κ2) is 6.29. The lowest BCUT2D eigenvalue weighted by atomic mass is 10.1. The average molecular weight is 278 g/mol. The molecule has 2 aliphatic rings. The van der Waals surface area contributed by atoms with Crippen LogP contribution in [0.25, 0.3) is 0 Å². The van der Waals surface area contributed by atoms with Crippen LogP contribution >= 0.6 is 0 Å². The van der Waals surface area contributed by atoms with Crippen molar-refractivity contribution in [2.24, 2.45) is 0 Å². The zero-order valence-corrected chi connectivity index (χ0v) is 12.7. The summed E-state index contributed by atoms with van der Waals surface area (Å²) in [5.41, 5.74) is 1.26. The Morgan fingerprint density at radius 2 is 2.30 bits per heavy atom. The van der Waals surface area contributed by atoms with Crippen LogP contribution < -0.4 is 5.32 Å². The highest BCUT2D eigenvalue weighted by atomic mass is 16.5. The summed E-state index contributed by atoms with van der Waals surface area (Å²) < 4.78 is 11.9. The molecule has 4 heteroatoms. The van der Waals surface area contributed by atoms with Gasteiger partial charge >= 0.3 is 0 Å². The molecule has 2 fully saturated rings. The van der Waals surface area contributed by atoms with E-state index in [0.717, 1.165) is 44.3 Å². The molecule has 1 aliphatic carbocycles. The van der Waals surface area contributed by atoms with E-state index < -0.39 is 0 Å². The zero-order valence-electron chi connectivity index (χ0n) is 12.7. The fourth-order valence-corrected chi connectivity index (χ4v) is 3.48. The zero-order chi connectivity index (χ0) is 13.9. The number of aryl methyl sites for hydroxylation is 1. The molecule has 1 aromatic heterocycles. The lowest BCUT2D eigenvalue weighted by molar-refractivity contribution is -0.0607. The molecule has 1 saturated carbocycles. The molecule has 0 amide bonds. The molecule has 1 aliphatic heterocycles. The molecule has 0 spiro atoms. The van der Waals surface area contributed by atoms with Gasteiger partial charge in [-0.1, -0.05) is 6.92 Å². The molecule has 2 heterocycles. The lowest BCUT2D eigenvalue weighted by Crippen LogP contribution is -2.47. The average Bonchev–Trinajstić information content (AvgIpc) is 3.04. The van der Waals surface area contributed by atoms with Crippen molar-refractivity contribution in [3.63, 3.8) is 0 Å². The molecular weight excluding hydrogens is 252 g/mol. The summed E-state index contributed by atoms with van der Waals surface area (Å²) in [6.07, 6.45) is 4.26. The Labute approximate surface area is 121 Å². The predicted molar refractivity (Wildman–Crippen MR) is 78.6 cm³/mol. The van der Waals surface area contributed by atoms with E-state index >= 15 is 0 Å². The van der Waals surface area contributed by atoms with Crippen LogP contribution in [0.15, 0.2) is 10.5 Å². The largest absolute Gasteiger partial charge is 0.463 e. The first kappa shape index (κ1) is 14.1. The Bertz CT molecular complexity index is 444. The van der Waals surface area contributed by atoms with E-state index in [1.54, 1.807) is 0 Å². The van der Waals surface area contributed by atoms with Crippen LogP contribution in [0.2, 0.25) is 0 Å². The highest BCUT2D eigenvalue weighted by molar-refractivity contribution is 5.20. The number of furan rings is 1. The van der Waals surface area contributed by atoms with Crippen molar-refractivity contribution in [2.75, 3.05) is 19.7 Å². The van der Waals surface area contributed by atoms with Gasteiger partial charge in [0, 0.05) is 12.6 Å². The monoisotopic (exact) mass is 278 g/mol. The van der Waals surface area contributed by atoms with Gasteiger partial charge < -0.3 is 14.5 Å². The minimum absolute atomic E-state index is 0.459. The third-order valence-corrected chi connectivity index (χ3v) is 4.56. The Morgan fingerprint density at radius 3 is 3.15 bits per heavy atom. The molecule has 0 radical (unpaired) electrons. The molecule has 1 aromatic rings. The Hall–Kier alpha value is -0.840. The van der Waals surface area contributed by atoms with Gasteiger partial charge in [-0.05, 0) is 44.4 Å². The number of morpholine rings is 1. The summed E-state index contributed by atoms with van der Waals surface area (Å²) in [4.78, 5) is 2.55. The van der Waals surface area contributed by atoms with Crippen LogP contribution in [-0.2, 0) is 17.8 Å². The summed E-state index contributed by atoms with van der Waals surface area (Å²) in [5, 5.41) is 3.33. The fraction of sp³-hybridized carbons (Fsp3) is 0.750. The Morgan fingerprint density at radius 1 is 1.40 bits per heavy atom. The van der Waals surface area contributed by atoms with Gasteiger partial charge in [0.2, 0.25) is 0 Å². The van der Waals surface area contributed by atoms with Crippen LogP contribution in [0.4, 0.5) is 0 Å². The predicted octanol–water partition coefficient (Wildman–Crippen LogP) is 2.45. The number of nitrogens with zero attached hydrogens (tertiary/aromatic N) is 1. The third-order valence-electron chi connectivity index (χ3n) is 4.56. The topological polar surface area (TPSA) is 37.6 Å². The minimum atomic E-state index is 0.459. The third kappa shape index (κ3) is 2.92. The first-order valence-electron chi connectivity index (χ1n) is 7.92. The van der Waals surface area contributed by atoms with Crippen molar-refractivity contribution >= 4 is 0 Å². The fourth-order valence-electron chi connectivity index (χ4n) is 3.48. The van der Waals surface area contributed by atoms with Crippen LogP contribution in [-0.4, -0.2) is 36.7 Å². The summed E-state index contributed by atoms with van der Waals surface area (Å²) in [6.45, 7) is 8.89. The summed E-state index contributed by atoms with van der Waals surface area (Å²) in [7, 11) is 0. The number of nitrogens with one attached hydrogen (secondary N) is 1. The van der Waals surface area contributed by atoms with E-state index in [9.17, 15) is 0 Å². The highest BCUT2D eigenvalue weighted by Gasteiger charge is 2.36. The molecule has 1 saturated heterocycles. The van der Waals surface area contributed by atoms with Crippen molar-refractivity contribution in [1.82, 2.24) is 10.2 Å². The van der Waals surface area contributed by atoms with E-state index in [-0.39, 0.29) is 0 Å². The maximum absolute atomic E-state index is 6.02. The summed E-state index contributed by atoms with van der Waals surface area (Å²) in [6, 6.07) is 2.80. The van der Waals surface area contributed by atoms with Crippen molar-refractivity contribution in [1.29, 1.82) is 0 Å². The molecule has 2 unspecified atom stereocenters. The van der Waals surface area contributed by atoms with Crippen molar-refractivity contribution in [2.45, 2.75) is 58.3 Å². The molecule has 4 nitrogen and oxygen atoms in total. The van der Waals surface area contributed by atoms with E-state index in [2.05, 4.69) is 30.1 Å². The van der Waals surface area contributed by atoms with Crippen LogP contribution in [0.1, 0.15) is 43.3 Å². The summed E-state index contributed by atoms with van der Waals surface area (Å²) >= 11 is 0. The maximum Gasteiger partial charge on any atom is 0.120 e. The highest BCUT2D eigenvalue weighted by Crippen LogP contribution is 2.31. The molecular formula is C16H26N2O2. The van der Waals surface area contributed by atoms with Crippen molar-refractivity contribution in [3.05, 3.63) is 23.2 Å². The quantitative estimate of drug-likeness (QED) is 0.898. The number of ether oxygens (including phenoxy) is 1. The first-order valence-corrected chi connectivity index (χ1v) is 7.92. The minimum Gasteiger partial charge on any atom is -0.463 e. The number of fused-ring (bicyclic) bond motifs is 1. The van der Waals surface area contributed by atoms with Gasteiger partial charge in [-0.25, -0.2) is 0 Å². The first-order chi connectivity index (χ1) is 9.78. The second-order valence-electron chi connectivity index (χ2n) is 5.98. The Kier molecular flexibility index (Phi) is 4.44. The van der Waals surface area contributed by atoms with Gasteiger partial charge in [0.25, 0.3) is 0 Å². The van der Waals surface area contributed by atoms with E-state index in [0.29, 0.717) is 12.1 Å². The SMILES string of the molecule is CCNCc1oc(CN2CCOC3CCCC32)cc1C. The van der Waals surface area contributed by atoms with E-state index in [1.165, 1.54) is 24.8 Å². The van der Waals surface area contributed by atoms with Crippen LogP contribution in [0.5, 0.6) is 0 Å². The number of hydrogen-bond acceptors (Lipinski definition) is 4. The molecule has 20 heavy (non-hydrogen) atoms. The van der Waals surface area contributed by atoms with Gasteiger partial charge in [0.05, 0.1) is 25.8 Å². The van der Waals surface area contributed by atoms with Gasteiger partial charge in [0.15, 0.2) is 0 Å². The van der Waals surface area contributed by atoms with E-state index in [1.807, 2.05) is 0 Å². The molecule has 0 aromatic carbocycles. The molecule has 1 N–H and O–H groups in total. The molecule has 3 rings (SSSR count). The van der Waals surface area contributed by atoms with Gasteiger partial charge in [-0.3, -0.25) is 4.90 Å². The van der Waals surface area contributed by atoms with Crippen LogP contribution in [0, 0.1) is 6.92 Å². The van der Waals surface area contributed by atoms with Crippen molar-refractivity contribution in [3.8, 4) is 0 Å². The Balaban J connectivity index is 1.64. The molecule has 112 valence electrons. The van der Waals surface area contributed by atoms with Gasteiger partial charge in [0.1, 0.15) is 11.5 Å². The van der Waals surface area contributed by atoms with Gasteiger partial charge in [-0.2, -0.15) is 0 Å². The molecule has 2 atom stereocenters. The number of rotatable bonds is 5. The summed E-state index contributed by atoms with van der Waals surface area (Å²) in [5.74, 6) is 2.18. The standard InChI is InChI=1S/C16H26N2O2/c1-3-17-10-16-12(2)9-13(20-16)11-18-7-8-19-15-6-4-5-14(15)18/h9,14-15,17H,3-8,10-11H2,1-2H3. The smallest absolute Gasteiger partial charge is 0.120 e. The second-order valence-corrected chi connectivity index (χ2v) is 5.98. The number of hydrogen-bond donors (Lipinski definition) is 1. The van der Waals surface area contributed by atoms with Gasteiger partial charge in [-0.15, -0.1) is 0 Å².